The summed E-state index contributed by atoms with van der Waals surface area (Å²) in [6.45, 7) is 1.77. The minimum absolute atomic E-state index is 0.199. The first-order valence-electron chi connectivity index (χ1n) is 7.55. The van der Waals surface area contributed by atoms with Gasteiger partial charge in [0.2, 0.25) is 0 Å². The highest BCUT2D eigenvalue weighted by Crippen LogP contribution is 2.32. The van der Waals surface area contributed by atoms with E-state index in [0.717, 1.165) is 11.1 Å². The van der Waals surface area contributed by atoms with E-state index in [4.69, 9.17) is 0 Å². The van der Waals surface area contributed by atoms with E-state index in [2.05, 4.69) is 0 Å². The van der Waals surface area contributed by atoms with Crippen molar-refractivity contribution in [3.8, 4) is 0 Å². The third kappa shape index (κ3) is 4.19. The summed E-state index contributed by atoms with van der Waals surface area (Å²) in [5.74, 6) is -4.52. The maximum Gasteiger partial charge on any atom is 0.307 e. The lowest BCUT2D eigenvalue weighted by Gasteiger charge is -2.26. The van der Waals surface area contributed by atoms with Gasteiger partial charge in [-0.05, 0) is 23.5 Å². The van der Waals surface area contributed by atoms with Gasteiger partial charge in [-0.3, -0.25) is 9.59 Å². The first-order valence-corrected chi connectivity index (χ1v) is 7.55. The average molecular weight is 312 g/mol. The predicted octanol–water partition coefficient (Wildman–Crippen LogP) is 3.43. The van der Waals surface area contributed by atoms with Crippen molar-refractivity contribution in [2.75, 3.05) is 0 Å². The fraction of sp³-hybridized carbons (Fsp3) is 0.263. The van der Waals surface area contributed by atoms with Gasteiger partial charge in [-0.1, -0.05) is 67.6 Å². The van der Waals surface area contributed by atoms with Gasteiger partial charge in [0.25, 0.3) is 0 Å². The number of carboxylic acid groups (broad SMARTS) is 2. The van der Waals surface area contributed by atoms with E-state index in [1.165, 1.54) is 0 Å². The number of carbonyl (C=O) groups is 2. The Bertz CT molecular complexity index is 652. The van der Waals surface area contributed by atoms with Crippen molar-refractivity contribution in [2.24, 2.45) is 11.8 Å². The van der Waals surface area contributed by atoms with Crippen molar-refractivity contribution in [2.45, 2.75) is 19.3 Å². The molecule has 0 aromatic heterocycles. The zero-order valence-electron chi connectivity index (χ0n) is 12.9. The Labute approximate surface area is 135 Å². The molecule has 0 aliphatic heterocycles. The molecule has 2 N–H and O–H groups in total. The normalized spacial score (nSPS) is 14.7. The monoisotopic (exact) mass is 312 g/mol. The summed E-state index contributed by atoms with van der Waals surface area (Å²) < 4.78 is 0. The summed E-state index contributed by atoms with van der Waals surface area (Å²) in [5, 5.41) is 19.2. The Balaban J connectivity index is 2.32. The van der Waals surface area contributed by atoms with E-state index in [-0.39, 0.29) is 6.42 Å². The number of rotatable bonds is 7. The number of hydrogen-bond donors (Lipinski definition) is 2. The lowest BCUT2D eigenvalue weighted by molar-refractivity contribution is -0.154. The van der Waals surface area contributed by atoms with Gasteiger partial charge in [0, 0.05) is 0 Å². The minimum Gasteiger partial charge on any atom is -0.481 e. The maximum atomic E-state index is 11.8. The number of aliphatic carboxylic acids is 2. The van der Waals surface area contributed by atoms with E-state index in [1.807, 2.05) is 60.7 Å². The van der Waals surface area contributed by atoms with Crippen molar-refractivity contribution >= 4 is 11.9 Å². The van der Waals surface area contributed by atoms with Gasteiger partial charge in [0.1, 0.15) is 0 Å². The highest BCUT2D eigenvalue weighted by Gasteiger charge is 2.38. The number of hydrogen-bond acceptors (Lipinski definition) is 2. The van der Waals surface area contributed by atoms with Crippen LogP contribution >= 0.6 is 0 Å². The quantitative estimate of drug-likeness (QED) is 0.821. The Kier molecular flexibility index (Phi) is 5.52. The Morgan fingerprint density at radius 3 is 1.87 bits per heavy atom. The third-order valence-electron chi connectivity index (χ3n) is 4.20. The summed E-state index contributed by atoms with van der Waals surface area (Å²) in [6.07, 6.45) is 0.199. The summed E-state index contributed by atoms with van der Waals surface area (Å²) >= 11 is 0. The summed E-state index contributed by atoms with van der Waals surface area (Å²) in [6, 6.07) is 18.3. The van der Waals surface area contributed by atoms with Crippen molar-refractivity contribution in [1.29, 1.82) is 0 Å². The molecule has 2 aromatic rings. The van der Waals surface area contributed by atoms with Crippen LogP contribution in [0.2, 0.25) is 0 Å². The van der Waals surface area contributed by atoms with E-state index in [0.29, 0.717) is 0 Å². The lowest BCUT2D eigenvalue weighted by atomic mass is 9.76. The minimum atomic E-state index is -1.08. The largest absolute Gasteiger partial charge is 0.481 e. The van der Waals surface area contributed by atoms with Crippen LogP contribution in [0.1, 0.15) is 24.0 Å². The van der Waals surface area contributed by atoms with Gasteiger partial charge in [-0.25, -0.2) is 0 Å². The van der Waals surface area contributed by atoms with Crippen LogP contribution in [0.15, 0.2) is 60.7 Å². The molecule has 0 aliphatic carbocycles. The molecule has 0 aliphatic rings. The molecule has 4 heteroatoms. The fourth-order valence-corrected chi connectivity index (χ4v) is 2.93. The second-order valence-electron chi connectivity index (χ2n) is 5.70. The molecule has 0 unspecified atom stereocenters. The van der Waals surface area contributed by atoms with Gasteiger partial charge in [-0.15, -0.1) is 0 Å². The van der Waals surface area contributed by atoms with Crippen LogP contribution in [0.3, 0.4) is 0 Å². The van der Waals surface area contributed by atoms with Gasteiger partial charge in [-0.2, -0.15) is 0 Å². The molecule has 0 radical (unpaired) electrons. The molecular weight excluding hydrogens is 292 g/mol. The van der Waals surface area contributed by atoms with Crippen LogP contribution in [-0.4, -0.2) is 22.2 Å². The van der Waals surface area contributed by atoms with Crippen molar-refractivity contribution in [3.05, 3.63) is 71.8 Å². The molecule has 2 rings (SSSR count). The van der Waals surface area contributed by atoms with Gasteiger partial charge >= 0.3 is 11.9 Å². The Morgan fingerprint density at radius 2 is 1.39 bits per heavy atom. The first-order chi connectivity index (χ1) is 11.0. The number of benzene rings is 2. The summed E-state index contributed by atoms with van der Waals surface area (Å²) in [4.78, 5) is 23.5. The van der Waals surface area contributed by atoms with Crippen molar-refractivity contribution in [3.63, 3.8) is 0 Å². The molecule has 0 saturated carbocycles. The lowest BCUT2D eigenvalue weighted by Crippen LogP contribution is -2.35. The molecule has 23 heavy (non-hydrogen) atoms. The second-order valence-corrected chi connectivity index (χ2v) is 5.70. The van der Waals surface area contributed by atoms with Crippen molar-refractivity contribution in [1.82, 2.24) is 0 Å². The molecular formula is C19H20O4. The predicted molar refractivity (Wildman–Crippen MR) is 87.3 cm³/mol. The summed E-state index contributed by atoms with van der Waals surface area (Å²) in [7, 11) is 0. The highest BCUT2D eigenvalue weighted by atomic mass is 16.4. The first kappa shape index (κ1) is 16.7. The second kappa shape index (κ2) is 7.58. The molecule has 0 heterocycles. The van der Waals surface area contributed by atoms with E-state index in [1.54, 1.807) is 6.92 Å². The number of carboxylic acids is 2. The Hall–Kier alpha value is -2.62. The van der Waals surface area contributed by atoms with Crippen LogP contribution in [0.25, 0.3) is 0 Å². The van der Waals surface area contributed by atoms with Crippen LogP contribution in [-0.2, 0) is 16.0 Å². The van der Waals surface area contributed by atoms with Gasteiger partial charge in [0.15, 0.2) is 0 Å². The van der Waals surface area contributed by atoms with Crippen LogP contribution in [0, 0.1) is 11.8 Å². The van der Waals surface area contributed by atoms with E-state index in [9.17, 15) is 19.8 Å². The van der Waals surface area contributed by atoms with Crippen LogP contribution in [0.5, 0.6) is 0 Å². The van der Waals surface area contributed by atoms with Crippen LogP contribution in [0.4, 0.5) is 0 Å². The summed E-state index contributed by atoms with van der Waals surface area (Å²) in [5.41, 5.74) is 1.66. The Morgan fingerprint density at radius 1 is 0.870 bits per heavy atom. The molecule has 0 saturated heterocycles. The fourth-order valence-electron chi connectivity index (χ4n) is 2.93. The van der Waals surface area contributed by atoms with Crippen molar-refractivity contribution < 1.29 is 19.8 Å². The SMILES string of the molecule is C[C@@H](c1ccccc1)[C@H](C(=O)O)[C@@H](Cc1ccccc1)C(=O)O. The topological polar surface area (TPSA) is 74.6 Å². The zero-order chi connectivity index (χ0) is 16.8. The van der Waals surface area contributed by atoms with E-state index < -0.39 is 29.7 Å². The van der Waals surface area contributed by atoms with E-state index >= 15 is 0 Å². The molecule has 0 spiro atoms. The molecule has 0 fully saturated rings. The third-order valence-corrected chi connectivity index (χ3v) is 4.20. The standard InChI is InChI=1S/C19H20O4/c1-13(15-10-6-3-7-11-15)17(19(22)23)16(18(20)21)12-14-8-4-2-5-9-14/h2-11,13,16-17H,12H2,1H3,(H,20,21)(H,22,23)/t13-,16+,17-/m0/s1. The average Bonchev–Trinajstić information content (AvgIpc) is 2.55. The highest BCUT2D eigenvalue weighted by molar-refractivity contribution is 5.81. The molecule has 4 nitrogen and oxygen atoms in total. The molecule has 0 amide bonds. The van der Waals surface area contributed by atoms with Gasteiger partial charge in [0.05, 0.1) is 11.8 Å². The van der Waals surface area contributed by atoms with Crippen LogP contribution < -0.4 is 0 Å². The zero-order valence-corrected chi connectivity index (χ0v) is 12.9. The molecule has 0 bridgehead atoms. The van der Waals surface area contributed by atoms with Gasteiger partial charge < -0.3 is 10.2 Å². The smallest absolute Gasteiger partial charge is 0.307 e. The molecule has 2 aromatic carbocycles. The maximum absolute atomic E-state index is 11.8. The molecule has 3 atom stereocenters. The molecule has 120 valence electrons.